The summed E-state index contributed by atoms with van der Waals surface area (Å²) >= 11 is 0. The molecule has 0 bridgehead atoms. The summed E-state index contributed by atoms with van der Waals surface area (Å²) in [4.78, 5) is 16.0. The van der Waals surface area contributed by atoms with E-state index in [0.29, 0.717) is 11.5 Å². The smallest absolute Gasteiger partial charge is 0.215 e. The van der Waals surface area contributed by atoms with E-state index in [1.807, 2.05) is 24.3 Å². The number of aromatic nitrogens is 4. The third-order valence-electron chi connectivity index (χ3n) is 2.70. The van der Waals surface area contributed by atoms with Crippen LogP contribution >= 0.6 is 0 Å². The van der Waals surface area contributed by atoms with Gasteiger partial charge in [-0.3, -0.25) is 4.98 Å². The summed E-state index contributed by atoms with van der Waals surface area (Å²) in [7, 11) is 1.60. The van der Waals surface area contributed by atoms with E-state index < -0.39 is 0 Å². The third-order valence-corrected chi connectivity index (χ3v) is 2.70. The van der Waals surface area contributed by atoms with Crippen LogP contribution in [-0.4, -0.2) is 27.0 Å². The third kappa shape index (κ3) is 2.02. The summed E-state index contributed by atoms with van der Waals surface area (Å²) in [5, 5.41) is 0. The molecule has 0 saturated carbocycles. The van der Waals surface area contributed by atoms with E-state index in [-0.39, 0.29) is 0 Å². The van der Waals surface area contributed by atoms with Crippen molar-refractivity contribution in [2.45, 2.75) is 6.42 Å². The van der Waals surface area contributed by atoms with Crippen molar-refractivity contribution < 1.29 is 4.74 Å². The van der Waals surface area contributed by atoms with Gasteiger partial charge in [0.2, 0.25) is 5.88 Å². The number of ether oxygens (including phenoxy) is 1. The SMILES string of the molecule is COc1ccc2[nH]c(Cc3ccncc3)nc2n1. The first-order valence-corrected chi connectivity index (χ1v) is 5.64. The van der Waals surface area contributed by atoms with Gasteiger partial charge < -0.3 is 9.72 Å². The van der Waals surface area contributed by atoms with E-state index in [0.717, 1.165) is 23.3 Å². The van der Waals surface area contributed by atoms with E-state index >= 15 is 0 Å². The number of fused-ring (bicyclic) bond motifs is 1. The van der Waals surface area contributed by atoms with E-state index in [1.54, 1.807) is 19.5 Å². The highest BCUT2D eigenvalue weighted by atomic mass is 16.5. The largest absolute Gasteiger partial charge is 0.481 e. The first kappa shape index (κ1) is 10.7. The molecule has 0 radical (unpaired) electrons. The first-order chi connectivity index (χ1) is 8.85. The van der Waals surface area contributed by atoms with Gasteiger partial charge in [0.25, 0.3) is 0 Å². The molecule has 0 fully saturated rings. The molecule has 3 rings (SSSR count). The first-order valence-electron chi connectivity index (χ1n) is 5.64. The lowest BCUT2D eigenvalue weighted by Gasteiger charge is -1.95. The summed E-state index contributed by atoms with van der Waals surface area (Å²) in [6, 6.07) is 7.68. The molecule has 5 nitrogen and oxygen atoms in total. The topological polar surface area (TPSA) is 63.7 Å². The predicted octanol–water partition coefficient (Wildman–Crippen LogP) is 1.95. The van der Waals surface area contributed by atoms with Gasteiger partial charge in [0, 0.05) is 24.9 Å². The Balaban J connectivity index is 1.94. The van der Waals surface area contributed by atoms with Gasteiger partial charge in [0.1, 0.15) is 5.82 Å². The second-order valence-electron chi connectivity index (χ2n) is 3.94. The van der Waals surface area contributed by atoms with Crippen molar-refractivity contribution in [1.29, 1.82) is 0 Å². The molecule has 0 spiro atoms. The van der Waals surface area contributed by atoms with Crippen molar-refractivity contribution in [2.24, 2.45) is 0 Å². The van der Waals surface area contributed by atoms with Crippen molar-refractivity contribution in [3.05, 3.63) is 48.0 Å². The maximum atomic E-state index is 5.08. The quantitative estimate of drug-likeness (QED) is 0.760. The van der Waals surface area contributed by atoms with Gasteiger partial charge in [0.15, 0.2) is 5.65 Å². The van der Waals surface area contributed by atoms with Crippen LogP contribution in [0.4, 0.5) is 0 Å². The molecular formula is C13H12N4O. The summed E-state index contributed by atoms with van der Waals surface area (Å²) in [5.74, 6) is 1.46. The van der Waals surface area contributed by atoms with Gasteiger partial charge in [-0.25, -0.2) is 4.98 Å². The van der Waals surface area contributed by atoms with Crippen molar-refractivity contribution in [3.63, 3.8) is 0 Å². The number of aromatic amines is 1. The lowest BCUT2D eigenvalue weighted by atomic mass is 10.2. The zero-order valence-electron chi connectivity index (χ0n) is 9.92. The summed E-state index contributed by atoms with van der Waals surface area (Å²) in [6.07, 6.45) is 4.29. The van der Waals surface area contributed by atoms with Crippen LogP contribution in [0.1, 0.15) is 11.4 Å². The number of methoxy groups -OCH3 is 1. The molecule has 0 aliphatic rings. The molecule has 90 valence electrons. The molecule has 0 atom stereocenters. The Labute approximate surface area is 104 Å². The lowest BCUT2D eigenvalue weighted by molar-refractivity contribution is 0.399. The minimum absolute atomic E-state index is 0.574. The minimum atomic E-state index is 0.574. The molecular weight excluding hydrogens is 228 g/mol. The Hall–Kier alpha value is -2.43. The molecule has 0 unspecified atom stereocenters. The van der Waals surface area contributed by atoms with Crippen molar-refractivity contribution in [2.75, 3.05) is 7.11 Å². The van der Waals surface area contributed by atoms with Crippen molar-refractivity contribution in [1.82, 2.24) is 19.9 Å². The van der Waals surface area contributed by atoms with E-state index in [4.69, 9.17) is 4.74 Å². The van der Waals surface area contributed by atoms with Crippen LogP contribution < -0.4 is 4.74 Å². The molecule has 1 N–H and O–H groups in total. The van der Waals surface area contributed by atoms with E-state index in [2.05, 4.69) is 19.9 Å². The summed E-state index contributed by atoms with van der Waals surface area (Å²) in [6.45, 7) is 0. The number of imidazole rings is 1. The monoisotopic (exact) mass is 240 g/mol. The van der Waals surface area contributed by atoms with Gasteiger partial charge in [0.05, 0.1) is 12.6 Å². The number of hydrogen-bond donors (Lipinski definition) is 1. The Bertz CT molecular complexity index is 663. The molecule has 3 aromatic heterocycles. The fourth-order valence-electron chi connectivity index (χ4n) is 1.82. The van der Waals surface area contributed by atoms with Crippen molar-refractivity contribution >= 4 is 11.2 Å². The Morgan fingerprint density at radius 1 is 1.11 bits per heavy atom. The minimum Gasteiger partial charge on any atom is -0.481 e. The molecule has 5 heteroatoms. The normalized spacial score (nSPS) is 10.7. The molecule has 3 heterocycles. The molecule has 0 aromatic carbocycles. The molecule has 0 aliphatic carbocycles. The highest BCUT2D eigenvalue weighted by Gasteiger charge is 2.06. The van der Waals surface area contributed by atoms with Crippen LogP contribution in [-0.2, 0) is 6.42 Å². The molecule has 0 amide bonds. The number of pyridine rings is 2. The maximum Gasteiger partial charge on any atom is 0.215 e. The van der Waals surface area contributed by atoms with Crippen LogP contribution in [0.15, 0.2) is 36.7 Å². The van der Waals surface area contributed by atoms with Crippen LogP contribution in [0.2, 0.25) is 0 Å². The van der Waals surface area contributed by atoms with E-state index in [1.165, 1.54) is 0 Å². The maximum absolute atomic E-state index is 5.08. The number of H-pyrrole nitrogens is 1. The second-order valence-corrected chi connectivity index (χ2v) is 3.94. The van der Waals surface area contributed by atoms with Gasteiger partial charge in [-0.1, -0.05) is 0 Å². The summed E-state index contributed by atoms with van der Waals surface area (Å²) < 4.78 is 5.08. The number of hydrogen-bond acceptors (Lipinski definition) is 4. The van der Waals surface area contributed by atoms with Gasteiger partial charge in [-0.15, -0.1) is 0 Å². The molecule has 0 aliphatic heterocycles. The van der Waals surface area contributed by atoms with Crippen LogP contribution in [0.25, 0.3) is 11.2 Å². The average Bonchev–Trinajstić information content (AvgIpc) is 2.80. The second kappa shape index (κ2) is 4.44. The van der Waals surface area contributed by atoms with Crippen LogP contribution in [0, 0.1) is 0 Å². The fourth-order valence-corrected chi connectivity index (χ4v) is 1.82. The van der Waals surface area contributed by atoms with Gasteiger partial charge in [-0.05, 0) is 23.8 Å². The van der Waals surface area contributed by atoms with Gasteiger partial charge >= 0.3 is 0 Å². The Kier molecular flexibility index (Phi) is 2.64. The van der Waals surface area contributed by atoms with E-state index in [9.17, 15) is 0 Å². The lowest BCUT2D eigenvalue weighted by Crippen LogP contribution is -1.90. The highest BCUT2D eigenvalue weighted by Crippen LogP contribution is 2.15. The predicted molar refractivity (Wildman–Crippen MR) is 67.5 cm³/mol. The summed E-state index contributed by atoms with van der Waals surface area (Å²) in [5.41, 5.74) is 2.76. The Morgan fingerprint density at radius 2 is 1.94 bits per heavy atom. The van der Waals surface area contributed by atoms with Crippen LogP contribution in [0.3, 0.4) is 0 Å². The molecule has 3 aromatic rings. The number of nitrogens with zero attached hydrogens (tertiary/aromatic N) is 3. The standard InChI is InChI=1S/C13H12N4O/c1-18-12-3-2-10-13(17-12)16-11(15-10)8-9-4-6-14-7-5-9/h2-7H,8H2,1H3,(H,15,16,17). The average molecular weight is 240 g/mol. The number of nitrogens with one attached hydrogen (secondary N) is 1. The van der Waals surface area contributed by atoms with Gasteiger partial charge in [-0.2, -0.15) is 4.98 Å². The van der Waals surface area contributed by atoms with Crippen molar-refractivity contribution in [3.8, 4) is 5.88 Å². The van der Waals surface area contributed by atoms with Crippen LogP contribution in [0.5, 0.6) is 5.88 Å². The number of rotatable bonds is 3. The zero-order chi connectivity index (χ0) is 12.4. The zero-order valence-corrected chi connectivity index (χ0v) is 9.92. The Morgan fingerprint density at radius 3 is 2.72 bits per heavy atom. The molecule has 18 heavy (non-hydrogen) atoms. The highest BCUT2D eigenvalue weighted by molar-refractivity contribution is 5.71. The fraction of sp³-hybridized carbons (Fsp3) is 0.154. The molecule has 0 saturated heterocycles.